The van der Waals surface area contributed by atoms with E-state index in [-0.39, 0.29) is 5.75 Å². The van der Waals surface area contributed by atoms with Crippen LogP contribution in [0.2, 0.25) is 0 Å². The molecule has 0 aliphatic heterocycles. The monoisotopic (exact) mass is 227 g/mol. The van der Waals surface area contributed by atoms with Crippen LogP contribution in [0.4, 0.5) is 0 Å². The van der Waals surface area contributed by atoms with Crippen LogP contribution < -0.4 is 4.74 Å². The fourth-order valence-corrected chi connectivity index (χ4v) is 2.09. The third kappa shape index (κ3) is 2.09. The highest BCUT2D eigenvalue weighted by Gasteiger charge is 2.12. The standard InChI is InChI=1S/C14H13NO2/c16-11-5-7-12(8-6-11)17-14-9-4-10-2-1-3-13(10)15-14/h4-9,16H,1-3H2. The average Bonchev–Trinajstić information content (AvgIpc) is 2.79. The van der Waals surface area contributed by atoms with Crippen LogP contribution in [0.1, 0.15) is 17.7 Å². The van der Waals surface area contributed by atoms with Crippen LogP contribution in [0.15, 0.2) is 36.4 Å². The number of phenolic OH excluding ortho intramolecular Hbond substituents is 1. The number of aryl methyl sites for hydroxylation is 2. The Labute approximate surface area is 99.7 Å². The predicted molar refractivity (Wildman–Crippen MR) is 64.4 cm³/mol. The molecule has 0 fully saturated rings. The summed E-state index contributed by atoms with van der Waals surface area (Å²) < 4.78 is 5.64. The summed E-state index contributed by atoms with van der Waals surface area (Å²) in [4.78, 5) is 4.49. The summed E-state index contributed by atoms with van der Waals surface area (Å²) in [5.41, 5.74) is 2.49. The van der Waals surface area contributed by atoms with Gasteiger partial charge in [-0.05, 0) is 49.1 Å². The van der Waals surface area contributed by atoms with Gasteiger partial charge in [-0.3, -0.25) is 0 Å². The Balaban J connectivity index is 1.83. The number of hydrogen-bond donors (Lipinski definition) is 1. The van der Waals surface area contributed by atoms with Gasteiger partial charge in [0, 0.05) is 11.8 Å². The first-order valence-corrected chi connectivity index (χ1v) is 5.77. The van der Waals surface area contributed by atoms with Crippen LogP contribution in [0.5, 0.6) is 17.4 Å². The van der Waals surface area contributed by atoms with Crippen molar-refractivity contribution >= 4 is 0 Å². The van der Waals surface area contributed by atoms with Crippen molar-refractivity contribution in [1.82, 2.24) is 4.98 Å². The van der Waals surface area contributed by atoms with Crippen LogP contribution in [-0.2, 0) is 12.8 Å². The Hall–Kier alpha value is -2.03. The summed E-state index contributed by atoms with van der Waals surface area (Å²) in [7, 11) is 0. The van der Waals surface area contributed by atoms with E-state index in [1.54, 1.807) is 24.3 Å². The number of aromatic hydroxyl groups is 1. The number of benzene rings is 1. The zero-order chi connectivity index (χ0) is 11.7. The van der Waals surface area contributed by atoms with E-state index in [0.717, 1.165) is 18.5 Å². The van der Waals surface area contributed by atoms with E-state index in [9.17, 15) is 5.11 Å². The Morgan fingerprint density at radius 3 is 2.65 bits per heavy atom. The quantitative estimate of drug-likeness (QED) is 0.857. The smallest absolute Gasteiger partial charge is 0.219 e. The first-order valence-electron chi connectivity index (χ1n) is 5.77. The van der Waals surface area contributed by atoms with Gasteiger partial charge in [-0.2, -0.15) is 0 Å². The number of nitrogens with zero attached hydrogens (tertiary/aromatic N) is 1. The first-order chi connectivity index (χ1) is 8.31. The molecule has 1 aromatic carbocycles. The summed E-state index contributed by atoms with van der Waals surface area (Å²) in [6.45, 7) is 0. The fourth-order valence-electron chi connectivity index (χ4n) is 2.09. The Morgan fingerprint density at radius 2 is 1.82 bits per heavy atom. The molecular weight excluding hydrogens is 214 g/mol. The summed E-state index contributed by atoms with van der Waals surface area (Å²) in [5.74, 6) is 1.55. The van der Waals surface area contributed by atoms with Crippen LogP contribution in [0.25, 0.3) is 0 Å². The third-order valence-electron chi connectivity index (χ3n) is 2.96. The number of hydrogen-bond acceptors (Lipinski definition) is 3. The van der Waals surface area contributed by atoms with Crippen LogP contribution in [-0.4, -0.2) is 10.1 Å². The zero-order valence-electron chi connectivity index (χ0n) is 9.39. The molecule has 1 aliphatic carbocycles. The highest BCUT2D eigenvalue weighted by atomic mass is 16.5. The molecule has 1 aromatic heterocycles. The lowest BCUT2D eigenvalue weighted by molar-refractivity contribution is 0.453. The van der Waals surface area contributed by atoms with Crippen molar-refractivity contribution in [3.05, 3.63) is 47.7 Å². The molecule has 1 N–H and O–H groups in total. The zero-order valence-corrected chi connectivity index (χ0v) is 9.39. The molecule has 0 saturated heterocycles. The van der Waals surface area contributed by atoms with Gasteiger partial charge in [0.1, 0.15) is 11.5 Å². The topological polar surface area (TPSA) is 42.4 Å². The largest absolute Gasteiger partial charge is 0.508 e. The minimum atomic E-state index is 0.235. The van der Waals surface area contributed by atoms with Gasteiger partial charge in [0.15, 0.2) is 0 Å². The lowest BCUT2D eigenvalue weighted by Crippen LogP contribution is -1.92. The van der Waals surface area contributed by atoms with Gasteiger partial charge >= 0.3 is 0 Å². The number of phenols is 1. The maximum atomic E-state index is 9.18. The molecule has 0 bridgehead atoms. The molecule has 1 heterocycles. The molecule has 0 unspecified atom stereocenters. The van der Waals surface area contributed by atoms with Gasteiger partial charge in [-0.1, -0.05) is 6.07 Å². The molecular formula is C14H13NO2. The van der Waals surface area contributed by atoms with E-state index in [2.05, 4.69) is 11.1 Å². The maximum absolute atomic E-state index is 9.18. The normalized spacial score (nSPS) is 13.4. The number of pyridine rings is 1. The number of ether oxygens (including phenoxy) is 1. The molecule has 3 nitrogen and oxygen atoms in total. The summed E-state index contributed by atoms with van der Waals surface area (Å²) in [6, 6.07) is 10.6. The second kappa shape index (κ2) is 4.09. The lowest BCUT2D eigenvalue weighted by atomic mass is 10.2. The molecule has 0 radical (unpaired) electrons. The van der Waals surface area contributed by atoms with Gasteiger partial charge in [0.2, 0.25) is 5.88 Å². The van der Waals surface area contributed by atoms with Gasteiger partial charge in [-0.15, -0.1) is 0 Å². The highest BCUT2D eigenvalue weighted by molar-refractivity contribution is 5.35. The molecule has 3 rings (SSSR count). The lowest BCUT2D eigenvalue weighted by Gasteiger charge is -2.06. The Bertz CT molecular complexity index is 534. The van der Waals surface area contributed by atoms with Crippen molar-refractivity contribution in [2.24, 2.45) is 0 Å². The second-order valence-electron chi connectivity index (χ2n) is 4.20. The van der Waals surface area contributed by atoms with Crippen molar-refractivity contribution in [1.29, 1.82) is 0 Å². The van der Waals surface area contributed by atoms with E-state index >= 15 is 0 Å². The van der Waals surface area contributed by atoms with Crippen LogP contribution in [0.3, 0.4) is 0 Å². The third-order valence-corrected chi connectivity index (χ3v) is 2.96. The fraction of sp³-hybridized carbons (Fsp3) is 0.214. The molecule has 17 heavy (non-hydrogen) atoms. The predicted octanol–water partition coefficient (Wildman–Crippen LogP) is 3.07. The SMILES string of the molecule is Oc1ccc(Oc2ccc3c(n2)CCC3)cc1. The van der Waals surface area contributed by atoms with E-state index < -0.39 is 0 Å². The molecule has 86 valence electrons. The minimum Gasteiger partial charge on any atom is -0.508 e. The first kappa shape index (κ1) is 10.1. The average molecular weight is 227 g/mol. The van der Waals surface area contributed by atoms with E-state index in [4.69, 9.17) is 4.74 Å². The Kier molecular flexibility index (Phi) is 2.44. The number of fused-ring (bicyclic) bond motifs is 1. The Morgan fingerprint density at radius 1 is 1.00 bits per heavy atom. The van der Waals surface area contributed by atoms with E-state index in [1.807, 2.05) is 6.07 Å². The summed E-state index contributed by atoms with van der Waals surface area (Å²) in [6.07, 6.45) is 3.36. The van der Waals surface area contributed by atoms with E-state index in [0.29, 0.717) is 11.6 Å². The van der Waals surface area contributed by atoms with Crippen molar-refractivity contribution in [2.75, 3.05) is 0 Å². The molecule has 0 saturated carbocycles. The highest BCUT2D eigenvalue weighted by Crippen LogP contribution is 2.26. The summed E-state index contributed by atoms with van der Waals surface area (Å²) in [5, 5.41) is 9.18. The van der Waals surface area contributed by atoms with Crippen LogP contribution >= 0.6 is 0 Å². The van der Waals surface area contributed by atoms with Crippen LogP contribution in [0, 0.1) is 0 Å². The van der Waals surface area contributed by atoms with Gasteiger partial charge < -0.3 is 9.84 Å². The summed E-state index contributed by atoms with van der Waals surface area (Å²) >= 11 is 0. The van der Waals surface area contributed by atoms with Gasteiger partial charge in [0.25, 0.3) is 0 Å². The minimum absolute atomic E-state index is 0.235. The van der Waals surface area contributed by atoms with Crippen molar-refractivity contribution < 1.29 is 9.84 Å². The van der Waals surface area contributed by atoms with E-state index in [1.165, 1.54) is 12.0 Å². The number of aromatic nitrogens is 1. The second-order valence-corrected chi connectivity index (χ2v) is 4.20. The van der Waals surface area contributed by atoms with Crippen molar-refractivity contribution in [2.45, 2.75) is 19.3 Å². The maximum Gasteiger partial charge on any atom is 0.219 e. The molecule has 2 aromatic rings. The molecule has 0 amide bonds. The van der Waals surface area contributed by atoms with Gasteiger partial charge in [-0.25, -0.2) is 4.98 Å². The molecule has 1 aliphatic rings. The molecule has 3 heteroatoms. The number of rotatable bonds is 2. The molecule has 0 atom stereocenters. The van der Waals surface area contributed by atoms with Crippen molar-refractivity contribution in [3.8, 4) is 17.4 Å². The molecule has 0 spiro atoms. The van der Waals surface area contributed by atoms with Gasteiger partial charge in [0.05, 0.1) is 0 Å². The van der Waals surface area contributed by atoms with Crippen molar-refractivity contribution in [3.63, 3.8) is 0 Å².